The first kappa shape index (κ1) is 32.7. The first-order valence-corrected chi connectivity index (χ1v) is 16.7. The van der Waals surface area contributed by atoms with E-state index in [1.165, 1.54) is 18.3 Å². The lowest BCUT2D eigenvalue weighted by atomic mass is 9.95. The van der Waals surface area contributed by atoms with Gasteiger partial charge in [-0.2, -0.15) is 0 Å². The number of Topliss-reactive ketones (excluding diaryl/α,β-unsaturated/α-hetero) is 1. The van der Waals surface area contributed by atoms with Crippen LogP contribution in [0.4, 0.5) is 0 Å². The Kier molecular flexibility index (Phi) is 8.94. The SMILES string of the molecule is C[C@@H](NC(=O)[C@H](Cc1ccc(-c2ncc(-c3ccc4c(c3)C(=O)C3=C4C=CCC3)cn2)cc1)NC(=O)c1ccc(C(C)(C)C)s1)C(=O)O. The molecule has 0 bridgehead atoms. The van der Waals surface area contributed by atoms with Crippen LogP contribution >= 0.6 is 11.3 Å². The van der Waals surface area contributed by atoms with E-state index in [0.717, 1.165) is 56.7 Å². The lowest BCUT2D eigenvalue weighted by Crippen LogP contribution is -2.51. The molecular formula is C38H36N4O5S. The average molecular weight is 661 g/mol. The molecule has 2 aromatic heterocycles. The van der Waals surface area contributed by atoms with Crippen LogP contribution < -0.4 is 10.6 Å². The molecule has 6 rings (SSSR count). The molecule has 0 fully saturated rings. The molecule has 2 aliphatic rings. The molecule has 3 N–H and O–H groups in total. The number of allylic oxidation sites excluding steroid dienone is 4. The van der Waals surface area contributed by atoms with Gasteiger partial charge in [-0.25, -0.2) is 9.97 Å². The molecule has 2 aliphatic carbocycles. The monoisotopic (exact) mass is 660 g/mol. The molecule has 0 saturated carbocycles. The van der Waals surface area contributed by atoms with Crippen LogP contribution in [0.15, 0.2) is 84.7 Å². The molecule has 0 radical (unpaired) electrons. The van der Waals surface area contributed by atoms with Crippen molar-refractivity contribution in [1.82, 2.24) is 20.6 Å². The molecule has 2 heterocycles. The number of ketones is 1. The van der Waals surface area contributed by atoms with Crippen LogP contribution in [0.25, 0.3) is 28.1 Å². The van der Waals surface area contributed by atoms with Gasteiger partial charge in [0.05, 0.1) is 4.88 Å². The Morgan fingerprint density at radius 1 is 0.917 bits per heavy atom. The van der Waals surface area contributed by atoms with Crippen molar-refractivity contribution in [2.24, 2.45) is 0 Å². The number of aliphatic carboxylic acids is 1. The number of carboxylic acids is 1. The van der Waals surface area contributed by atoms with Crippen molar-refractivity contribution >= 4 is 40.5 Å². The van der Waals surface area contributed by atoms with Crippen molar-refractivity contribution < 1.29 is 24.3 Å². The van der Waals surface area contributed by atoms with Crippen LogP contribution in [0.5, 0.6) is 0 Å². The zero-order valence-electron chi connectivity index (χ0n) is 27.2. The Bertz CT molecular complexity index is 1980. The zero-order valence-corrected chi connectivity index (χ0v) is 28.0. The lowest BCUT2D eigenvalue weighted by molar-refractivity contribution is -0.141. The van der Waals surface area contributed by atoms with Crippen molar-refractivity contribution in [3.05, 3.63) is 111 Å². The van der Waals surface area contributed by atoms with Crippen LogP contribution in [-0.4, -0.2) is 50.7 Å². The Morgan fingerprint density at radius 3 is 2.29 bits per heavy atom. The van der Waals surface area contributed by atoms with Gasteiger partial charge in [-0.3, -0.25) is 19.2 Å². The predicted molar refractivity (Wildman–Crippen MR) is 186 cm³/mol. The minimum atomic E-state index is -1.17. The van der Waals surface area contributed by atoms with E-state index < -0.39 is 29.9 Å². The number of rotatable bonds is 9. The maximum Gasteiger partial charge on any atom is 0.325 e. The minimum absolute atomic E-state index is 0.0979. The minimum Gasteiger partial charge on any atom is -0.480 e. The van der Waals surface area contributed by atoms with Crippen molar-refractivity contribution in [3.63, 3.8) is 0 Å². The summed E-state index contributed by atoms with van der Waals surface area (Å²) in [6, 6.07) is 14.8. The molecule has 2 amide bonds. The summed E-state index contributed by atoms with van der Waals surface area (Å²) < 4.78 is 0. The Hall–Kier alpha value is -5.22. The summed E-state index contributed by atoms with van der Waals surface area (Å²) in [5.41, 5.74) is 6.68. The van der Waals surface area contributed by atoms with E-state index in [1.807, 2.05) is 54.6 Å². The highest BCUT2D eigenvalue weighted by molar-refractivity contribution is 7.14. The largest absolute Gasteiger partial charge is 0.480 e. The van der Waals surface area contributed by atoms with E-state index in [1.54, 1.807) is 18.5 Å². The molecule has 0 unspecified atom stereocenters. The highest BCUT2D eigenvalue weighted by atomic mass is 32.1. The number of carbonyl (C=O) groups is 4. The fraction of sp³-hybridized carbons (Fsp3) is 0.263. The van der Waals surface area contributed by atoms with E-state index in [0.29, 0.717) is 16.3 Å². The smallest absolute Gasteiger partial charge is 0.325 e. The third-order valence-corrected chi connectivity index (χ3v) is 10.1. The standard InChI is InChI=1S/C38H36N4O5S/c1-21(37(46)47)41-35(44)30(42-36(45)31-15-16-32(48-31)38(2,3)4)17-22-9-11-23(12-10-22)34-39-19-25(20-40-34)24-13-14-27-26-7-5-6-8-28(26)33(43)29(27)18-24/h5,7,9-16,18-21,30H,6,8,17H2,1-4H3,(H,41,44)(H,42,45)(H,46,47)/t21-,30+/m1/s1. The van der Waals surface area contributed by atoms with Crippen molar-refractivity contribution in [2.45, 2.75) is 64.5 Å². The molecule has 10 heteroatoms. The highest BCUT2D eigenvalue weighted by Gasteiger charge is 2.30. The topological polar surface area (TPSA) is 138 Å². The van der Waals surface area contributed by atoms with Crippen LogP contribution in [0.1, 0.15) is 76.6 Å². The number of hydrogen-bond donors (Lipinski definition) is 3. The Balaban J connectivity index is 1.16. The first-order chi connectivity index (χ1) is 22.9. The van der Waals surface area contributed by atoms with Crippen LogP contribution in [0, 0.1) is 0 Å². The normalized spacial score (nSPS) is 15.0. The molecule has 0 spiro atoms. The number of nitrogens with zero attached hydrogens (tertiary/aromatic N) is 2. The number of aromatic nitrogens is 2. The number of thiophene rings is 1. The van der Waals surface area contributed by atoms with Gasteiger partial charge >= 0.3 is 5.97 Å². The number of fused-ring (bicyclic) bond motifs is 2. The van der Waals surface area contributed by atoms with Gasteiger partial charge in [0.1, 0.15) is 12.1 Å². The van der Waals surface area contributed by atoms with Gasteiger partial charge in [-0.05, 0) is 65.6 Å². The van der Waals surface area contributed by atoms with Gasteiger partial charge in [-0.1, -0.05) is 69.3 Å². The van der Waals surface area contributed by atoms with Crippen molar-refractivity contribution in [3.8, 4) is 22.5 Å². The molecule has 244 valence electrons. The first-order valence-electron chi connectivity index (χ1n) is 15.8. The number of nitrogens with one attached hydrogen (secondary N) is 2. The summed E-state index contributed by atoms with van der Waals surface area (Å²) in [7, 11) is 0. The molecule has 2 atom stereocenters. The predicted octanol–water partition coefficient (Wildman–Crippen LogP) is 6.40. The zero-order chi connectivity index (χ0) is 34.2. The summed E-state index contributed by atoms with van der Waals surface area (Å²) in [6.07, 6.45) is 9.42. The second-order valence-corrected chi connectivity index (χ2v) is 14.2. The summed E-state index contributed by atoms with van der Waals surface area (Å²) in [5, 5.41) is 14.6. The number of amides is 2. The Labute approximate surface area is 282 Å². The number of hydrogen-bond acceptors (Lipinski definition) is 7. The van der Waals surface area contributed by atoms with Gasteiger partial charge in [0.15, 0.2) is 11.6 Å². The highest BCUT2D eigenvalue weighted by Crippen LogP contribution is 2.40. The van der Waals surface area contributed by atoms with Gasteiger partial charge in [-0.15, -0.1) is 11.3 Å². The maximum absolute atomic E-state index is 13.2. The lowest BCUT2D eigenvalue weighted by Gasteiger charge is -2.20. The van der Waals surface area contributed by atoms with E-state index in [9.17, 15) is 24.3 Å². The molecule has 4 aromatic rings. The second-order valence-electron chi connectivity index (χ2n) is 13.1. The van der Waals surface area contributed by atoms with Gasteiger partial charge in [0.2, 0.25) is 5.91 Å². The average Bonchev–Trinajstić information content (AvgIpc) is 3.69. The van der Waals surface area contributed by atoms with Crippen molar-refractivity contribution in [1.29, 1.82) is 0 Å². The number of carbonyl (C=O) groups excluding carboxylic acids is 3. The van der Waals surface area contributed by atoms with E-state index >= 15 is 0 Å². The molecule has 0 aliphatic heterocycles. The van der Waals surface area contributed by atoms with Gasteiger partial charge in [0, 0.05) is 46.0 Å². The van der Waals surface area contributed by atoms with E-state index in [2.05, 4.69) is 47.4 Å². The quantitative estimate of drug-likeness (QED) is 0.189. The van der Waals surface area contributed by atoms with Crippen LogP contribution in [0.2, 0.25) is 0 Å². The fourth-order valence-electron chi connectivity index (χ4n) is 5.79. The summed E-state index contributed by atoms with van der Waals surface area (Å²) in [4.78, 5) is 61.4. The van der Waals surface area contributed by atoms with Gasteiger partial charge < -0.3 is 15.7 Å². The second kappa shape index (κ2) is 13.1. The summed E-state index contributed by atoms with van der Waals surface area (Å²) >= 11 is 1.36. The molecule has 0 saturated heterocycles. The molecule has 9 nitrogen and oxygen atoms in total. The van der Waals surface area contributed by atoms with Gasteiger partial charge in [0.25, 0.3) is 5.91 Å². The molecular weight excluding hydrogens is 625 g/mol. The number of carboxylic acid groups (broad SMARTS) is 1. The summed E-state index contributed by atoms with van der Waals surface area (Å²) in [6.45, 7) is 7.56. The summed E-state index contributed by atoms with van der Waals surface area (Å²) in [5.74, 6) is -1.55. The van der Waals surface area contributed by atoms with Crippen molar-refractivity contribution in [2.75, 3.05) is 0 Å². The van der Waals surface area contributed by atoms with Crippen LogP contribution in [-0.2, 0) is 21.4 Å². The molecule has 48 heavy (non-hydrogen) atoms. The van der Waals surface area contributed by atoms with E-state index in [4.69, 9.17) is 0 Å². The Morgan fingerprint density at radius 2 is 1.62 bits per heavy atom. The fourth-order valence-corrected chi connectivity index (χ4v) is 6.76. The maximum atomic E-state index is 13.2. The van der Waals surface area contributed by atoms with E-state index in [-0.39, 0.29) is 17.6 Å². The molecule has 2 aromatic carbocycles. The van der Waals surface area contributed by atoms with Crippen LogP contribution in [0.3, 0.4) is 0 Å². The number of benzene rings is 2. The third-order valence-electron chi connectivity index (χ3n) is 8.56. The third kappa shape index (κ3) is 6.75.